The molecule has 1 heterocycles. The minimum atomic E-state index is 0.0614. The van der Waals surface area contributed by atoms with Gasteiger partial charge in [-0.2, -0.15) is 0 Å². The number of piperazine rings is 1. The number of rotatable bonds is 6. The fourth-order valence-electron chi connectivity index (χ4n) is 3.93. The second kappa shape index (κ2) is 9.46. The molecule has 0 atom stereocenters. The molecule has 30 heavy (non-hydrogen) atoms. The molecule has 154 valence electrons. The lowest BCUT2D eigenvalue weighted by Crippen LogP contribution is -3.15. The quantitative estimate of drug-likeness (QED) is 0.667. The Morgan fingerprint density at radius 1 is 0.933 bits per heavy atom. The number of nitrogens with one attached hydrogen (secondary N) is 2. The molecule has 3 aromatic carbocycles. The standard InChI is InChI=1S/C25H27N3O2/c1-30-22-13-11-21(12-14-22)28-17-15-27(16-18-28)19-25(29)26-24-10-6-5-9-23(24)20-7-3-2-4-8-20/h2-14H,15-19H2,1H3,(H,26,29)/p+1. The van der Waals surface area contributed by atoms with Crippen molar-refractivity contribution in [2.75, 3.05) is 50.1 Å². The number of hydrogen-bond acceptors (Lipinski definition) is 3. The number of hydrogen-bond donors (Lipinski definition) is 2. The first-order chi connectivity index (χ1) is 14.7. The maximum Gasteiger partial charge on any atom is 0.279 e. The molecule has 4 rings (SSSR count). The van der Waals surface area contributed by atoms with Crippen molar-refractivity contribution in [1.82, 2.24) is 0 Å². The van der Waals surface area contributed by atoms with Crippen LogP contribution in [0.15, 0.2) is 78.9 Å². The highest BCUT2D eigenvalue weighted by molar-refractivity contribution is 5.96. The minimum absolute atomic E-state index is 0.0614. The van der Waals surface area contributed by atoms with E-state index in [-0.39, 0.29) is 5.91 Å². The van der Waals surface area contributed by atoms with E-state index in [1.807, 2.05) is 54.6 Å². The lowest BCUT2D eigenvalue weighted by atomic mass is 10.0. The van der Waals surface area contributed by atoms with E-state index in [9.17, 15) is 4.79 Å². The number of methoxy groups -OCH3 is 1. The molecule has 0 unspecified atom stereocenters. The highest BCUT2D eigenvalue weighted by Crippen LogP contribution is 2.27. The van der Waals surface area contributed by atoms with Crippen molar-refractivity contribution < 1.29 is 14.4 Å². The number of amides is 1. The topological polar surface area (TPSA) is 46.0 Å². The van der Waals surface area contributed by atoms with Crippen LogP contribution >= 0.6 is 0 Å². The number of nitrogens with zero attached hydrogens (tertiary/aromatic N) is 1. The zero-order chi connectivity index (χ0) is 20.8. The van der Waals surface area contributed by atoms with Gasteiger partial charge in [0.15, 0.2) is 6.54 Å². The monoisotopic (exact) mass is 402 g/mol. The highest BCUT2D eigenvalue weighted by Gasteiger charge is 2.22. The van der Waals surface area contributed by atoms with E-state index < -0.39 is 0 Å². The fourth-order valence-corrected chi connectivity index (χ4v) is 3.93. The molecule has 0 radical (unpaired) electrons. The van der Waals surface area contributed by atoms with Crippen molar-refractivity contribution in [3.8, 4) is 16.9 Å². The smallest absolute Gasteiger partial charge is 0.279 e. The van der Waals surface area contributed by atoms with Gasteiger partial charge in [0.05, 0.1) is 33.3 Å². The number of benzene rings is 3. The van der Waals surface area contributed by atoms with E-state index >= 15 is 0 Å². The Bertz CT molecular complexity index is 965. The van der Waals surface area contributed by atoms with Crippen molar-refractivity contribution in [3.05, 3.63) is 78.9 Å². The summed E-state index contributed by atoms with van der Waals surface area (Å²) in [5.74, 6) is 0.932. The van der Waals surface area contributed by atoms with Crippen LogP contribution in [0.5, 0.6) is 5.75 Å². The summed E-state index contributed by atoms with van der Waals surface area (Å²) >= 11 is 0. The number of para-hydroxylation sites is 1. The molecule has 1 saturated heterocycles. The summed E-state index contributed by atoms with van der Waals surface area (Å²) in [4.78, 5) is 16.4. The average Bonchev–Trinajstić information content (AvgIpc) is 2.80. The molecule has 2 N–H and O–H groups in total. The van der Waals surface area contributed by atoms with Crippen molar-refractivity contribution >= 4 is 17.3 Å². The Morgan fingerprint density at radius 3 is 2.30 bits per heavy atom. The molecule has 1 aliphatic heterocycles. The molecule has 0 spiro atoms. The summed E-state index contributed by atoms with van der Waals surface area (Å²) in [6, 6.07) is 26.3. The Morgan fingerprint density at radius 2 is 1.60 bits per heavy atom. The number of carbonyl (C=O) groups excluding carboxylic acids is 1. The first kappa shape index (κ1) is 20.0. The number of quaternary nitrogens is 1. The van der Waals surface area contributed by atoms with Crippen LogP contribution in [0.3, 0.4) is 0 Å². The van der Waals surface area contributed by atoms with Crippen molar-refractivity contribution in [1.29, 1.82) is 0 Å². The molecule has 3 aromatic rings. The van der Waals surface area contributed by atoms with Crippen LogP contribution in [-0.2, 0) is 4.79 Å². The summed E-state index contributed by atoms with van der Waals surface area (Å²) in [5, 5.41) is 3.12. The van der Waals surface area contributed by atoms with Gasteiger partial charge >= 0.3 is 0 Å². The Hall–Kier alpha value is -3.31. The molecule has 0 aromatic heterocycles. The van der Waals surface area contributed by atoms with E-state index in [1.54, 1.807) is 7.11 Å². The Balaban J connectivity index is 1.33. The first-order valence-electron chi connectivity index (χ1n) is 10.4. The lowest BCUT2D eigenvalue weighted by molar-refractivity contribution is -0.892. The molecule has 0 bridgehead atoms. The van der Waals surface area contributed by atoms with Crippen LogP contribution in [0.25, 0.3) is 11.1 Å². The minimum Gasteiger partial charge on any atom is -0.497 e. The summed E-state index contributed by atoms with van der Waals surface area (Å²) in [7, 11) is 1.68. The van der Waals surface area contributed by atoms with Gasteiger partial charge in [0.25, 0.3) is 5.91 Å². The average molecular weight is 403 g/mol. The van der Waals surface area contributed by atoms with Crippen LogP contribution in [0.2, 0.25) is 0 Å². The second-order valence-electron chi connectivity index (χ2n) is 7.57. The molecular formula is C25H28N3O2+. The largest absolute Gasteiger partial charge is 0.497 e. The molecular weight excluding hydrogens is 374 g/mol. The van der Waals surface area contributed by atoms with E-state index in [0.29, 0.717) is 6.54 Å². The summed E-state index contributed by atoms with van der Waals surface area (Å²) in [6.45, 7) is 4.25. The van der Waals surface area contributed by atoms with Gasteiger partial charge in [-0.1, -0.05) is 48.5 Å². The van der Waals surface area contributed by atoms with Crippen LogP contribution < -0.4 is 19.9 Å². The SMILES string of the molecule is COc1ccc(N2CC[NH+](CC(=O)Nc3ccccc3-c3ccccc3)CC2)cc1. The third-order valence-electron chi connectivity index (χ3n) is 5.60. The van der Waals surface area contributed by atoms with Crippen LogP contribution in [0.1, 0.15) is 0 Å². The van der Waals surface area contributed by atoms with Crippen molar-refractivity contribution in [2.24, 2.45) is 0 Å². The normalized spacial score (nSPS) is 14.4. The maximum atomic E-state index is 12.7. The number of ether oxygens (including phenoxy) is 1. The zero-order valence-electron chi connectivity index (χ0n) is 17.3. The summed E-state index contributed by atoms with van der Waals surface area (Å²) < 4.78 is 5.24. The molecule has 1 fully saturated rings. The van der Waals surface area contributed by atoms with Crippen molar-refractivity contribution in [2.45, 2.75) is 0 Å². The fraction of sp³-hybridized carbons (Fsp3) is 0.240. The van der Waals surface area contributed by atoms with E-state index in [0.717, 1.165) is 48.7 Å². The molecule has 0 saturated carbocycles. The zero-order valence-corrected chi connectivity index (χ0v) is 17.3. The molecule has 5 heteroatoms. The predicted octanol–water partition coefficient (Wildman–Crippen LogP) is 2.71. The van der Waals surface area contributed by atoms with Gasteiger partial charge < -0.3 is 19.9 Å². The molecule has 0 aliphatic carbocycles. The van der Waals surface area contributed by atoms with Gasteiger partial charge in [-0.05, 0) is 35.9 Å². The van der Waals surface area contributed by atoms with E-state index in [2.05, 4.69) is 34.5 Å². The maximum absolute atomic E-state index is 12.7. The number of carbonyl (C=O) groups is 1. The van der Waals surface area contributed by atoms with Gasteiger partial charge in [-0.15, -0.1) is 0 Å². The predicted molar refractivity (Wildman–Crippen MR) is 121 cm³/mol. The summed E-state index contributed by atoms with van der Waals surface area (Å²) in [6.07, 6.45) is 0. The second-order valence-corrected chi connectivity index (χ2v) is 7.57. The van der Waals surface area contributed by atoms with Gasteiger partial charge in [0.2, 0.25) is 0 Å². The molecule has 1 amide bonds. The molecule has 5 nitrogen and oxygen atoms in total. The van der Waals surface area contributed by atoms with Gasteiger partial charge in [0.1, 0.15) is 5.75 Å². The van der Waals surface area contributed by atoms with Gasteiger partial charge in [0, 0.05) is 16.9 Å². The van der Waals surface area contributed by atoms with Gasteiger partial charge in [-0.3, -0.25) is 4.79 Å². The Labute approximate surface area is 177 Å². The highest BCUT2D eigenvalue weighted by atomic mass is 16.5. The summed E-state index contributed by atoms with van der Waals surface area (Å²) in [5.41, 5.74) is 4.22. The van der Waals surface area contributed by atoms with E-state index in [1.165, 1.54) is 10.6 Å². The van der Waals surface area contributed by atoms with Crippen LogP contribution in [-0.4, -0.2) is 45.7 Å². The van der Waals surface area contributed by atoms with E-state index in [4.69, 9.17) is 4.74 Å². The lowest BCUT2D eigenvalue weighted by Gasteiger charge is -2.33. The number of anilines is 2. The van der Waals surface area contributed by atoms with Crippen LogP contribution in [0.4, 0.5) is 11.4 Å². The van der Waals surface area contributed by atoms with Crippen molar-refractivity contribution in [3.63, 3.8) is 0 Å². The third kappa shape index (κ3) is 4.81. The first-order valence-corrected chi connectivity index (χ1v) is 10.4. The third-order valence-corrected chi connectivity index (χ3v) is 5.60. The van der Waals surface area contributed by atoms with Gasteiger partial charge in [-0.25, -0.2) is 0 Å². The van der Waals surface area contributed by atoms with Crippen LogP contribution in [0, 0.1) is 0 Å². The molecule has 1 aliphatic rings. The Kier molecular flexibility index (Phi) is 6.30.